The number of nitrogens with zero attached hydrogens (tertiary/aromatic N) is 1. The van der Waals surface area contributed by atoms with Crippen LogP contribution in [0.4, 0.5) is 0 Å². The van der Waals surface area contributed by atoms with Crippen LogP contribution in [0.5, 0.6) is 0 Å². The van der Waals surface area contributed by atoms with Crippen LogP contribution >= 0.6 is 0 Å². The summed E-state index contributed by atoms with van der Waals surface area (Å²) >= 11 is 0. The Morgan fingerprint density at radius 2 is 2.00 bits per heavy atom. The summed E-state index contributed by atoms with van der Waals surface area (Å²) in [5.74, 6) is 0.900. The smallest absolute Gasteiger partial charge is 0.324 e. The van der Waals surface area contributed by atoms with Crippen LogP contribution in [0, 0.1) is 11.8 Å². The lowest BCUT2D eigenvalue weighted by molar-refractivity contribution is -0.144. The first-order valence-electron chi connectivity index (χ1n) is 6.20. The molecule has 3 atom stereocenters. The number of carboxylic acids is 1. The van der Waals surface area contributed by atoms with Gasteiger partial charge < -0.3 is 15.3 Å². The third-order valence-corrected chi connectivity index (χ3v) is 4.37. The number of likely N-dealkylation sites (N-methyl/N-ethyl adjacent to an activating group) is 1. The van der Waals surface area contributed by atoms with Crippen LogP contribution in [0.15, 0.2) is 0 Å². The van der Waals surface area contributed by atoms with Gasteiger partial charge in [0.2, 0.25) is 0 Å². The Kier molecular flexibility index (Phi) is 3.22. The van der Waals surface area contributed by atoms with Crippen molar-refractivity contribution in [2.75, 3.05) is 26.7 Å². The van der Waals surface area contributed by atoms with Crippen molar-refractivity contribution in [3.63, 3.8) is 0 Å². The summed E-state index contributed by atoms with van der Waals surface area (Å²) in [7, 11) is 1.73. The van der Waals surface area contributed by atoms with Gasteiger partial charge in [-0.3, -0.25) is 4.79 Å². The number of aliphatic carboxylic acids is 1. The van der Waals surface area contributed by atoms with Crippen LogP contribution in [-0.4, -0.2) is 48.2 Å². The molecule has 4 heteroatoms. The van der Waals surface area contributed by atoms with Crippen molar-refractivity contribution in [3.8, 4) is 0 Å². The van der Waals surface area contributed by atoms with Gasteiger partial charge in [0, 0.05) is 19.6 Å². The number of rotatable bonds is 4. The number of nitrogens with one attached hydrogen (secondary N) is 1. The predicted molar refractivity (Wildman–Crippen MR) is 62.4 cm³/mol. The molecule has 0 aromatic carbocycles. The summed E-state index contributed by atoms with van der Waals surface area (Å²) in [5, 5.41) is 12.1. The minimum absolute atomic E-state index is 0.617. The Hall–Kier alpha value is -0.610. The van der Waals surface area contributed by atoms with Crippen LogP contribution in [0.25, 0.3) is 0 Å². The van der Waals surface area contributed by atoms with E-state index in [1.54, 1.807) is 14.0 Å². The van der Waals surface area contributed by atoms with E-state index in [0.29, 0.717) is 6.54 Å². The lowest BCUT2D eigenvalue weighted by Gasteiger charge is -2.30. The van der Waals surface area contributed by atoms with Gasteiger partial charge in [0.15, 0.2) is 0 Å². The molecule has 0 amide bonds. The molecule has 92 valence electrons. The standard InChI is InChI=1S/C12H22N2O2/c1-12(13-2,11(15)16)8-14-6-9-4-3-5-10(9)7-14/h9-10,13H,3-8H2,1-2H3,(H,15,16). The first kappa shape index (κ1) is 11.9. The van der Waals surface area contributed by atoms with Crippen molar-refractivity contribution in [2.24, 2.45) is 11.8 Å². The highest BCUT2D eigenvalue weighted by Gasteiger charge is 2.40. The van der Waals surface area contributed by atoms with E-state index in [4.69, 9.17) is 0 Å². The fourth-order valence-corrected chi connectivity index (χ4v) is 3.16. The molecule has 1 heterocycles. The molecule has 1 saturated carbocycles. The zero-order valence-corrected chi connectivity index (χ0v) is 10.2. The second-order valence-corrected chi connectivity index (χ2v) is 5.53. The largest absolute Gasteiger partial charge is 0.480 e. The SMILES string of the molecule is CNC(C)(CN1CC2CCCC2C1)C(=O)O. The molecular weight excluding hydrogens is 204 g/mol. The maximum Gasteiger partial charge on any atom is 0.324 e. The van der Waals surface area contributed by atoms with Gasteiger partial charge in [0.25, 0.3) is 0 Å². The Bertz CT molecular complexity index is 270. The zero-order chi connectivity index (χ0) is 11.8. The summed E-state index contributed by atoms with van der Waals surface area (Å²) in [4.78, 5) is 13.5. The van der Waals surface area contributed by atoms with E-state index in [9.17, 15) is 9.90 Å². The highest BCUT2D eigenvalue weighted by Crippen LogP contribution is 2.37. The number of carbonyl (C=O) groups is 1. The van der Waals surface area contributed by atoms with Gasteiger partial charge >= 0.3 is 5.97 Å². The molecule has 2 fully saturated rings. The van der Waals surface area contributed by atoms with Crippen LogP contribution in [0.3, 0.4) is 0 Å². The minimum atomic E-state index is -0.807. The van der Waals surface area contributed by atoms with E-state index in [0.717, 1.165) is 24.9 Å². The van der Waals surface area contributed by atoms with Gasteiger partial charge in [0.05, 0.1) is 0 Å². The Labute approximate surface area is 97.0 Å². The molecule has 4 nitrogen and oxygen atoms in total. The second-order valence-electron chi connectivity index (χ2n) is 5.53. The average Bonchev–Trinajstić information content (AvgIpc) is 2.77. The minimum Gasteiger partial charge on any atom is -0.480 e. The number of carboxylic acid groups (broad SMARTS) is 1. The number of hydrogen-bond donors (Lipinski definition) is 2. The lowest BCUT2D eigenvalue weighted by atomic mass is 10.0. The topological polar surface area (TPSA) is 52.6 Å². The molecule has 1 aliphatic heterocycles. The van der Waals surface area contributed by atoms with Crippen LogP contribution in [0.1, 0.15) is 26.2 Å². The Morgan fingerprint density at radius 3 is 2.44 bits per heavy atom. The number of fused-ring (bicyclic) bond motifs is 1. The van der Waals surface area contributed by atoms with E-state index in [1.807, 2.05) is 0 Å². The van der Waals surface area contributed by atoms with Crippen molar-refractivity contribution in [1.82, 2.24) is 10.2 Å². The molecule has 1 saturated heterocycles. The molecule has 3 unspecified atom stereocenters. The highest BCUT2D eigenvalue weighted by atomic mass is 16.4. The van der Waals surface area contributed by atoms with Crippen molar-refractivity contribution in [2.45, 2.75) is 31.7 Å². The molecule has 2 N–H and O–H groups in total. The molecule has 2 rings (SSSR count). The van der Waals surface area contributed by atoms with E-state index >= 15 is 0 Å². The van der Waals surface area contributed by atoms with Gasteiger partial charge in [-0.25, -0.2) is 0 Å². The van der Waals surface area contributed by atoms with E-state index in [1.165, 1.54) is 19.3 Å². The first-order valence-corrected chi connectivity index (χ1v) is 6.20. The van der Waals surface area contributed by atoms with Gasteiger partial charge in [-0.15, -0.1) is 0 Å². The van der Waals surface area contributed by atoms with Gasteiger partial charge in [-0.05, 0) is 38.6 Å². The number of hydrogen-bond acceptors (Lipinski definition) is 3. The molecule has 1 aliphatic carbocycles. The van der Waals surface area contributed by atoms with Crippen molar-refractivity contribution in [3.05, 3.63) is 0 Å². The molecule has 2 aliphatic rings. The van der Waals surface area contributed by atoms with Crippen LogP contribution in [0.2, 0.25) is 0 Å². The van der Waals surface area contributed by atoms with Crippen LogP contribution in [-0.2, 0) is 4.79 Å². The fourth-order valence-electron chi connectivity index (χ4n) is 3.16. The third kappa shape index (κ3) is 2.09. The molecule has 0 radical (unpaired) electrons. The molecule has 16 heavy (non-hydrogen) atoms. The van der Waals surface area contributed by atoms with E-state index < -0.39 is 11.5 Å². The highest BCUT2D eigenvalue weighted by molar-refractivity contribution is 5.78. The molecule has 0 bridgehead atoms. The van der Waals surface area contributed by atoms with Gasteiger partial charge in [-0.1, -0.05) is 6.42 Å². The molecule has 0 spiro atoms. The summed E-state index contributed by atoms with van der Waals surface area (Å²) in [6, 6.07) is 0. The fraction of sp³-hybridized carbons (Fsp3) is 0.917. The van der Waals surface area contributed by atoms with E-state index in [-0.39, 0.29) is 0 Å². The van der Waals surface area contributed by atoms with Gasteiger partial charge in [0.1, 0.15) is 5.54 Å². The predicted octanol–water partition coefficient (Wildman–Crippen LogP) is 0.781. The normalized spacial score (nSPS) is 33.6. The summed E-state index contributed by atoms with van der Waals surface area (Å²) in [6.07, 6.45) is 4.04. The Morgan fingerprint density at radius 1 is 1.44 bits per heavy atom. The van der Waals surface area contributed by atoms with Crippen molar-refractivity contribution in [1.29, 1.82) is 0 Å². The van der Waals surface area contributed by atoms with Crippen LogP contribution < -0.4 is 5.32 Å². The quantitative estimate of drug-likeness (QED) is 0.744. The van der Waals surface area contributed by atoms with Gasteiger partial charge in [-0.2, -0.15) is 0 Å². The summed E-state index contributed by atoms with van der Waals surface area (Å²) in [6.45, 7) is 4.57. The van der Waals surface area contributed by atoms with Crippen molar-refractivity contribution >= 4 is 5.97 Å². The molecule has 0 aromatic heterocycles. The molecule has 0 aromatic rings. The third-order valence-electron chi connectivity index (χ3n) is 4.37. The first-order chi connectivity index (χ1) is 7.55. The van der Waals surface area contributed by atoms with E-state index in [2.05, 4.69) is 10.2 Å². The maximum absolute atomic E-state index is 11.2. The maximum atomic E-state index is 11.2. The molecular formula is C12H22N2O2. The summed E-state index contributed by atoms with van der Waals surface area (Å²) < 4.78 is 0. The summed E-state index contributed by atoms with van der Waals surface area (Å²) in [5.41, 5.74) is -0.807. The zero-order valence-electron chi connectivity index (χ0n) is 10.2. The second kappa shape index (κ2) is 4.34. The average molecular weight is 226 g/mol. The lowest BCUT2D eigenvalue weighted by Crippen LogP contribution is -2.55. The monoisotopic (exact) mass is 226 g/mol. The number of likely N-dealkylation sites (tertiary alicyclic amines) is 1. The Balaban J connectivity index is 1.93. The van der Waals surface area contributed by atoms with Crippen molar-refractivity contribution < 1.29 is 9.90 Å².